The minimum absolute atomic E-state index is 0.0144. The lowest BCUT2D eigenvalue weighted by Gasteiger charge is -2.10. The second-order valence-electron chi connectivity index (χ2n) is 7.18. The number of methoxy groups -OCH3 is 2. The molecule has 3 aromatic carbocycles. The van der Waals surface area contributed by atoms with Gasteiger partial charge in [-0.15, -0.1) is 0 Å². The summed E-state index contributed by atoms with van der Waals surface area (Å²) in [6.07, 6.45) is 1.50. The summed E-state index contributed by atoms with van der Waals surface area (Å²) in [5, 5.41) is 10.9. The fourth-order valence-corrected chi connectivity index (χ4v) is 3.21. The lowest BCUT2D eigenvalue weighted by atomic mass is 10.1. The number of non-ortho nitro benzene ring substituents is 1. The number of carbonyl (C=O) groups is 2. The summed E-state index contributed by atoms with van der Waals surface area (Å²) in [6, 6.07) is 16.8. The zero-order chi connectivity index (χ0) is 24.9. The molecular weight excluding hydrogens is 456 g/mol. The van der Waals surface area contributed by atoms with E-state index >= 15 is 0 Å². The predicted molar refractivity (Wildman–Crippen MR) is 125 cm³/mol. The zero-order valence-electron chi connectivity index (χ0n) is 18.6. The van der Waals surface area contributed by atoms with Gasteiger partial charge < -0.3 is 18.9 Å². The molecule has 0 spiro atoms. The Morgan fingerprint density at radius 2 is 1.80 bits per heavy atom. The highest BCUT2D eigenvalue weighted by Crippen LogP contribution is 2.31. The smallest absolute Gasteiger partial charge is 0.363 e. The van der Waals surface area contributed by atoms with Crippen LogP contribution < -0.4 is 14.2 Å². The van der Waals surface area contributed by atoms with Crippen LogP contribution in [0.3, 0.4) is 0 Å². The first-order valence-electron chi connectivity index (χ1n) is 10.2. The molecular formula is C25H18N2O8. The highest BCUT2D eigenvalue weighted by molar-refractivity contribution is 6.13. The van der Waals surface area contributed by atoms with Gasteiger partial charge in [0.1, 0.15) is 5.75 Å². The SMILES string of the molecule is COc1cccc(C2=N/C(=C\c3ccc(OC(=O)c4cccc([N+](=O)[O-])c4)c(OC)c3)C(=O)O2)c1. The maximum atomic E-state index is 12.5. The van der Waals surface area contributed by atoms with E-state index in [2.05, 4.69) is 4.99 Å². The molecule has 0 N–H and O–H groups in total. The normalized spacial score (nSPS) is 13.7. The molecule has 1 aliphatic heterocycles. The van der Waals surface area contributed by atoms with Gasteiger partial charge in [-0.25, -0.2) is 14.6 Å². The van der Waals surface area contributed by atoms with Crippen LogP contribution in [-0.2, 0) is 9.53 Å². The van der Waals surface area contributed by atoms with Crippen LogP contribution in [0.1, 0.15) is 21.5 Å². The number of carbonyl (C=O) groups excluding carboxylic acids is 2. The lowest BCUT2D eigenvalue weighted by Crippen LogP contribution is -2.09. The van der Waals surface area contributed by atoms with E-state index in [0.717, 1.165) is 6.07 Å². The summed E-state index contributed by atoms with van der Waals surface area (Å²) in [4.78, 5) is 39.4. The third kappa shape index (κ3) is 5.17. The van der Waals surface area contributed by atoms with Crippen LogP contribution in [0, 0.1) is 10.1 Å². The standard InChI is InChI=1S/C25H18N2O8/c1-32-19-8-4-5-16(14-19)23-26-20(25(29)35-23)11-15-9-10-21(22(12-15)33-2)34-24(28)17-6-3-7-18(13-17)27(30)31/h3-14H,1-2H3/b20-11-. The Balaban J connectivity index is 1.57. The number of rotatable bonds is 7. The largest absolute Gasteiger partial charge is 0.497 e. The number of benzene rings is 3. The van der Waals surface area contributed by atoms with E-state index in [1.807, 2.05) is 0 Å². The monoisotopic (exact) mass is 474 g/mol. The van der Waals surface area contributed by atoms with Crippen molar-refractivity contribution < 1.29 is 33.5 Å². The van der Waals surface area contributed by atoms with Crippen molar-refractivity contribution in [1.82, 2.24) is 0 Å². The average Bonchev–Trinajstić information content (AvgIpc) is 3.24. The van der Waals surface area contributed by atoms with E-state index in [-0.39, 0.29) is 34.3 Å². The molecule has 0 aromatic heterocycles. The first kappa shape index (κ1) is 23.2. The van der Waals surface area contributed by atoms with Gasteiger partial charge in [0, 0.05) is 17.7 Å². The first-order valence-corrected chi connectivity index (χ1v) is 10.2. The number of aliphatic imine (C=N–C) groups is 1. The molecule has 35 heavy (non-hydrogen) atoms. The van der Waals surface area contributed by atoms with Crippen LogP contribution in [0.4, 0.5) is 5.69 Å². The molecule has 176 valence electrons. The van der Waals surface area contributed by atoms with Gasteiger partial charge >= 0.3 is 11.9 Å². The van der Waals surface area contributed by atoms with E-state index in [0.29, 0.717) is 16.9 Å². The highest BCUT2D eigenvalue weighted by atomic mass is 16.6. The van der Waals surface area contributed by atoms with Crippen molar-refractivity contribution in [3.8, 4) is 17.2 Å². The fraction of sp³-hybridized carbons (Fsp3) is 0.0800. The summed E-state index contributed by atoms with van der Waals surface area (Å²) < 4.78 is 21.1. The second-order valence-corrected chi connectivity index (χ2v) is 7.18. The van der Waals surface area contributed by atoms with Gasteiger partial charge in [-0.1, -0.05) is 18.2 Å². The molecule has 0 unspecified atom stereocenters. The Kier molecular flexibility index (Phi) is 6.54. The third-order valence-electron chi connectivity index (χ3n) is 4.92. The molecule has 0 saturated carbocycles. The Morgan fingerprint density at radius 1 is 1.00 bits per heavy atom. The first-order chi connectivity index (χ1) is 16.9. The Bertz CT molecular complexity index is 1390. The molecule has 0 amide bonds. The van der Waals surface area contributed by atoms with Crippen molar-refractivity contribution in [1.29, 1.82) is 0 Å². The summed E-state index contributed by atoms with van der Waals surface area (Å²) in [5.74, 6) is -0.358. The number of nitro benzene ring substituents is 1. The number of esters is 2. The van der Waals surface area contributed by atoms with Crippen LogP contribution in [0.5, 0.6) is 17.2 Å². The van der Waals surface area contributed by atoms with E-state index in [1.54, 1.807) is 36.4 Å². The molecule has 0 atom stereocenters. The molecule has 10 nitrogen and oxygen atoms in total. The van der Waals surface area contributed by atoms with Crippen molar-refractivity contribution >= 4 is 29.6 Å². The molecule has 0 aliphatic carbocycles. The number of nitro groups is 1. The molecule has 4 rings (SSSR count). The molecule has 0 fully saturated rings. The quantitative estimate of drug-likeness (QED) is 0.164. The number of cyclic esters (lactones) is 1. The molecule has 0 bridgehead atoms. The zero-order valence-corrected chi connectivity index (χ0v) is 18.6. The second kappa shape index (κ2) is 9.87. The van der Waals surface area contributed by atoms with Gasteiger partial charge in [0.2, 0.25) is 5.90 Å². The van der Waals surface area contributed by atoms with E-state index in [4.69, 9.17) is 18.9 Å². The molecule has 0 saturated heterocycles. The predicted octanol–water partition coefficient (Wildman–Crippen LogP) is 4.18. The van der Waals surface area contributed by atoms with Crippen LogP contribution >= 0.6 is 0 Å². The van der Waals surface area contributed by atoms with Gasteiger partial charge in [-0.2, -0.15) is 0 Å². The van der Waals surface area contributed by atoms with Crippen molar-refractivity contribution in [3.63, 3.8) is 0 Å². The van der Waals surface area contributed by atoms with E-state index in [9.17, 15) is 19.7 Å². The summed E-state index contributed by atoms with van der Waals surface area (Å²) in [5.41, 5.74) is 0.985. The molecule has 1 aliphatic rings. The van der Waals surface area contributed by atoms with Gasteiger partial charge in [0.25, 0.3) is 5.69 Å². The Labute approximate surface area is 199 Å². The van der Waals surface area contributed by atoms with Crippen LogP contribution in [0.25, 0.3) is 6.08 Å². The van der Waals surface area contributed by atoms with Crippen LogP contribution in [0.2, 0.25) is 0 Å². The van der Waals surface area contributed by atoms with Crippen molar-refractivity contribution in [2.24, 2.45) is 4.99 Å². The summed E-state index contributed by atoms with van der Waals surface area (Å²) in [6.45, 7) is 0. The van der Waals surface area contributed by atoms with Gasteiger partial charge in [-0.3, -0.25) is 10.1 Å². The average molecular weight is 474 g/mol. The Hall–Kier alpha value is -4.99. The number of nitrogens with zero attached hydrogens (tertiary/aromatic N) is 2. The minimum Gasteiger partial charge on any atom is -0.497 e. The van der Waals surface area contributed by atoms with Crippen molar-refractivity contribution in [3.05, 3.63) is 99.2 Å². The maximum Gasteiger partial charge on any atom is 0.363 e. The lowest BCUT2D eigenvalue weighted by molar-refractivity contribution is -0.384. The van der Waals surface area contributed by atoms with E-state index < -0.39 is 16.9 Å². The molecule has 3 aromatic rings. The van der Waals surface area contributed by atoms with Crippen LogP contribution in [0.15, 0.2) is 77.4 Å². The van der Waals surface area contributed by atoms with Gasteiger partial charge in [0.05, 0.1) is 24.7 Å². The highest BCUT2D eigenvalue weighted by Gasteiger charge is 2.25. The summed E-state index contributed by atoms with van der Waals surface area (Å²) >= 11 is 0. The number of hydrogen-bond acceptors (Lipinski definition) is 9. The van der Waals surface area contributed by atoms with Gasteiger partial charge in [-0.05, 0) is 48.0 Å². The fourth-order valence-electron chi connectivity index (χ4n) is 3.21. The molecule has 0 radical (unpaired) electrons. The Morgan fingerprint density at radius 3 is 2.54 bits per heavy atom. The topological polar surface area (TPSA) is 127 Å². The van der Waals surface area contributed by atoms with Crippen LogP contribution in [-0.4, -0.2) is 37.0 Å². The summed E-state index contributed by atoms with van der Waals surface area (Å²) in [7, 11) is 2.92. The van der Waals surface area contributed by atoms with Gasteiger partial charge in [0.15, 0.2) is 17.2 Å². The maximum absolute atomic E-state index is 12.5. The molecule has 1 heterocycles. The number of ether oxygens (including phenoxy) is 4. The van der Waals surface area contributed by atoms with Crippen molar-refractivity contribution in [2.75, 3.05) is 14.2 Å². The number of hydrogen-bond donors (Lipinski definition) is 0. The molecule has 10 heteroatoms. The van der Waals surface area contributed by atoms with Crippen molar-refractivity contribution in [2.45, 2.75) is 0 Å². The van der Waals surface area contributed by atoms with E-state index in [1.165, 1.54) is 44.6 Å². The third-order valence-corrected chi connectivity index (χ3v) is 4.92. The minimum atomic E-state index is -0.787.